The molecule has 1 N–H and O–H groups in total. The number of thiophene rings is 1. The van der Waals surface area contributed by atoms with E-state index in [2.05, 4.69) is 5.32 Å². The highest BCUT2D eigenvalue weighted by molar-refractivity contribution is 7.10. The lowest BCUT2D eigenvalue weighted by atomic mass is 10.2. The Labute approximate surface area is 91.3 Å². The van der Waals surface area contributed by atoms with Crippen molar-refractivity contribution in [2.75, 3.05) is 6.54 Å². The molecule has 0 unspecified atom stereocenters. The van der Waals surface area contributed by atoms with Crippen LogP contribution < -0.4 is 5.32 Å². The van der Waals surface area contributed by atoms with Crippen molar-refractivity contribution in [3.05, 3.63) is 22.4 Å². The lowest BCUT2D eigenvalue weighted by molar-refractivity contribution is -0.135. The monoisotopic (exact) mass is 237 g/mol. The van der Waals surface area contributed by atoms with Crippen molar-refractivity contribution in [1.29, 1.82) is 0 Å². The summed E-state index contributed by atoms with van der Waals surface area (Å²) in [6, 6.07) is 4.05. The molecule has 0 bridgehead atoms. The van der Waals surface area contributed by atoms with Gasteiger partial charge in [-0.05, 0) is 31.3 Å². The summed E-state index contributed by atoms with van der Waals surface area (Å²) in [7, 11) is 0. The third-order valence-electron chi connectivity index (χ3n) is 2.06. The van der Waals surface area contributed by atoms with Crippen molar-refractivity contribution in [3.8, 4) is 0 Å². The molecular formula is C10H14F3NS. The smallest absolute Gasteiger partial charge is 0.309 e. The zero-order valence-electron chi connectivity index (χ0n) is 8.47. The Hall–Kier alpha value is -0.550. The molecule has 0 aliphatic rings. The average molecular weight is 237 g/mol. The van der Waals surface area contributed by atoms with Crippen LogP contribution in [0.1, 0.15) is 30.7 Å². The van der Waals surface area contributed by atoms with Gasteiger partial charge in [-0.25, -0.2) is 0 Å². The van der Waals surface area contributed by atoms with E-state index in [1.165, 1.54) is 0 Å². The fourth-order valence-corrected chi connectivity index (χ4v) is 2.00. The average Bonchev–Trinajstić information content (AvgIpc) is 2.63. The van der Waals surface area contributed by atoms with E-state index in [0.717, 1.165) is 4.88 Å². The molecule has 0 saturated heterocycles. The number of halogens is 3. The van der Waals surface area contributed by atoms with Gasteiger partial charge in [0.05, 0.1) is 0 Å². The molecule has 0 aromatic carbocycles. The fourth-order valence-electron chi connectivity index (χ4n) is 1.25. The zero-order chi connectivity index (χ0) is 11.3. The molecule has 0 spiro atoms. The normalized spacial score (nSPS) is 14.1. The van der Waals surface area contributed by atoms with Gasteiger partial charge < -0.3 is 5.32 Å². The number of nitrogens with one attached hydrogen (secondary N) is 1. The zero-order valence-corrected chi connectivity index (χ0v) is 9.29. The van der Waals surface area contributed by atoms with E-state index in [4.69, 9.17) is 0 Å². The maximum absolute atomic E-state index is 11.8. The lowest BCUT2D eigenvalue weighted by Crippen LogP contribution is -2.20. The topological polar surface area (TPSA) is 12.0 Å². The van der Waals surface area contributed by atoms with Crippen LogP contribution in [-0.4, -0.2) is 12.7 Å². The number of hydrogen-bond acceptors (Lipinski definition) is 2. The molecule has 0 aliphatic heterocycles. The molecule has 0 radical (unpaired) electrons. The van der Waals surface area contributed by atoms with Gasteiger partial charge in [-0.15, -0.1) is 11.3 Å². The van der Waals surface area contributed by atoms with Crippen molar-refractivity contribution in [2.45, 2.75) is 32.0 Å². The number of rotatable bonds is 5. The first-order chi connectivity index (χ1) is 6.99. The van der Waals surface area contributed by atoms with Gasteiger partial charge in [0.1, 0.15) is 0 Å². The first-order valence-electron chi connectivity index (χ1n) is 4.82. The SMILES string of the molecule is C[C@@H](NCCCC(F)(F)F)c1cccs1. The van der Waals surface area contributed by atoms with Crippen LogP contribution in [0.4, 0.5) is 13.2 Å². The Balaban J connectivity index is 2.16. The summed E-state index contributed by atoms with van der Waals surface area (Å²) >= 11 is 1.61. The lowest BCUT2D eigenvalue weighted by Gasteiger charge is -2.12. The first kappa shape index (κ1) is 12.5. The van der Waals surface area contributed by atoms with Crippen LogP contribution in [-0.2, 0) is 0 Å². The molecule has 1 atom stereocenters. The number of alkyl halides is 3. The molecule has 1 rings (SSSR count). The molecule has 0 saturated carbocycles. The van der Waals surface area contributed by atoms with E-state index in [0.29, 0.717) is 6.54 Å². The fraction of sp³-hybridized carbons (Fsp3) is 0.600. The Kier molecular flexibility index (Phi) is 4.60. The van der Waals surface area contributed by atoms with Crippen LogP contribution in [0.2, 0.25) is 0 Å². The Morgan fingerprint density at radius 1 is 1.47 bits per heavy atom. The summed E-state index contributed by atoms with van der Waals surface area (Å²) in [5, 5.41) is 5.03. The Bertz CT molecular complexity index is 269. The summed E-state index contributed by atoms with van der Waals surface area (Å²) in [6.45, 7) is 2.36. The van der Waals surface area contributed by atoms with Crippen LogP contribution in [0.15, 0.2) is 17.5 Å². The second-order valence-corrected chi connectivity index (χ2v) is 4.39. The minimum atomic E-state index is -4.03. The van der Waals surface area contributed by atoms with Gasteiger partial charge >= 0.3 is 6.18 Å². The van der Waals surface area contributed by atoms with Crippen molar-refractivity contribution in [1.82, 2.24) is 5.32 Å². The van der Waals surface area contributed by atoms with Crippen molar-refractivity contribution >= 4 is 11.3 Å². The molecule has 86 valence electrons. The van der Waals surface area contributed by atoms with Gasteiger partial charge in [-0.1, -0.05) is 6.07 Å². The van der Waals surface area contributed by atoms with Gasteiger partial charge in [0.15, 0.2) is 0 Å². The van der Waals surface area contributed by atoms with Crippen molar-refractivity contribution in [3.63, 3.8) is 0 Å². The number of hydrogen-bond donors (Lipinski definition) is 1. The van der Waals surface area contributed by atoms with Crippen LogP contribution >= 0.6 is 11.3 Å². The maximum Gasteiger partial charge on any atom is 0.389 e. The van der Waals surface area contributed by atoms with Crippen LogP contribution in [0.5, 0.6) is 0 Å². The molecule has 0 amide bonds. The predicted octanol–water partition coefficient (Wildman–Crippen LogP) is 3.74. The minimum absolute atomic E-state index is 0.137. The molecule has 1 nitrogen and oxygen atoms in total. The Morgan fingerprint density at radius 2 is 2.20 bits per heavy atom. The second-order valence-electron chi connectivity index (χ2n) is 3.41. The maximum atomic E-state index is 11.8. The van der Waals surface area contributed by atoms with E-state index in [9.17, 15) is 13.2 Å². The second kappa shape index (κ2) is 5.51. The molecule has 0 fully saturated rings. The summed E-state index contributed by atoms with van der Waals surface area (Å²) in [6.07, 6.45) is -4.61. The molecule has 15 heavy (non-hydrogen) atoms. The summed E-state index contributed by atoms with van der Waals surface area (Å²) in [4.78, 5) is 1.15. The van der Waals surface area contributed by atoms with Gasteiger partial charge in [0.2, 0.25) is 0 Å². The highest BCUT2D eigenvalue weighted by atomic mass is 32.1. The third-order valence-corrected chi connectivity index (χ3v) is 3.11. The van der Waals surface area contributed by atoms with Crippen LogP contribution in [0.3, 0.4) is 0 Å². The van der Waals surface area contributed by atoms with Gasteiger partial charge in [-0.2, -0.15) is 13.2 Å². The summed E-state index contributed by atoms with van der Waals surface area (Å²) in [5.41, 5.74) is 0. The third kappa shape index (κ3) is 5.18. The molecular weight excluding hydrogens is 223 g/mol. The molecule has 1 aromatic rings. The van der Waals surface area contributed by atoms with E-state index in [-0.39, 0.29) is 12.5 Å². The van der Waals surface area contributed by atoms with Gasteiger partial charge in [0, 0.05) is 17.3 Å². The summed E-state index contributed by atoms with van der Waals surface area (Å²) in [5.74, 6) is 0. The molecule has 5 heteroatoms. The van der Waals surface area contributed by atoms with Crippen LogP contribution in [0, 0.1) is 0 Å². The minimum Gasteiger partial charge on any atom is -0.309 e. The Morgan fingerprint density at radius 3 is 2.73 bits per heavy atom. The molecule has 1 heterocycles. The van der Waals surface area contributed by atoms with Crippen molar-refractivity contribution in [2.24, 2.45) is 0 Å². The molecule has 0 aliphatic carbocycles. The first-order valence-corrected chi connectivity index (χ1v) is 5.70. The van der Waals surface area contributed by atoms with E-state index in [1.807, 2.05) is 24.4 Å². The van der Waals surface area contributed by atoms with E-state index < -0.39 is 12.6 Å². The standard InChI is InChI=1S/C10H14F3NS/c1-8(9-4-2-7-15-9)14-6-3-5-10(11,12)13/h2,4,7-8,14H,3,5-6H2,1H3/t8-/m1/s1. The highest BCUT2D eigenvalue weighted by Crippen LogP contribution is 2.22. The van der Waals surface area contributed by atoms with E-state index >= 15 is 0 Å². The highest BCUT2D eigenvalue weighted by Gasteiger charge is 2.25. The van der Waals surface area contributed by atoms with E-state index in [1.54, 1.807) is 11.3 Å². The van der Waals surface area contributed by atoms with Gasteiger partial charge in [-0.3, -0.25) is 0 Å². The largest absolute Gasteiger partial charge is 0.389 e. The summed E-state index contributed by atoms with van der Waals surface area (Å²) < 4.78 is 35.5. The molecule has 1 aromatic heterocycles. The quantitative estimate of drug-likeness (QED) is 0.769. The van der Waals surface area contributed by atoms with Crippen molar-refractivity contribution < 1.29 is 13.2 Å². The predicted molar refractivity (Wildman–Crippen MR) is 56.0 cm³/mol. The van der Waals surface area contributed by atoms with Gasteiger partial charge in [0.25, 0.3) is 0 Å². The van der Waals surface area contributed by atoms with Crippen LogP contribution in [0.25, 0.3) is 0 Å².